The number of rotatable bonds is 3. The molecule has 3 heteroatoms. The van der Waals surface area contributed by atoms with Gasteiger partial charge < -0.3 is 4.74 Å². The first kappa shape index (κ1) is 11.6. The minimum atomic E-state index is 0.589. The van der Waals surface area contributed by atoms with Gasteiger partial charge in [0.25, 0.3) is 0 Å². The van der Waals surface area contributed by atoms with Crippen LogP contribution in [0.2, 0.25) is 5.02 Å². The van der Waals surface area contributed by atoms with E-state index >= 15 is 0 Å². The molecule has 0 N–H and O–H groups in total. The van der Waals surface area contributed by atoms with E-state index in [0.29, 0.717) is 6.61 Å². The second kappa shape index (κ2) is 5.01. The number of hydrogen-bond donors (Lipinski definition) is 0. The second-order valence-electron chi connectivity index (χ2n) is 4.00. The Balaban J connectivity index is 1.83. The average molecular weight is 275 g/mol. The molecule has 1 nitrogen and oxygen atoms in total. The van der Waals surface area contributed by atoms with E-state index in [-0.39, 0.29) is 0 Å². The molecule has 18 heavy (non-hydrogen) atoms. The lowest BCUT2D eigenvalue weighted by molar-refractivity contribution is 0.308. The second-order valence-corrected chi connectivity index (χ2v) is 5.35. The van der Waals surface area contributed by atoms with E-state index in [2.05, 4.69) is 11.4 Å². The van der Waals surface area contributed by atoms with Gasteiger partial charge >= 0.3 is 0 Å². The van der Waals surface area contributed by atoms with Gasteiger partial charge in [0.05, 0.1) is 0 Å². The van der Waals surface area contributed by atoms with E-state index in [4.69, 9.17) is 16.3 Å². The Morgan fingerprint density at radius 1 is 1.06 bits per heavy atom. The van der Waals surface area contributed by atoms with Crippen LogP contribution in [0.4, 0.5) is 0 Å². The molecular weight excluding hydrogens is 264 g/mol. The lowest BCUT2D eigenvalue weighted by Gasteiger charge is -2.04. The number of thiophene rings is 1. The van der Waals surface area contributed by atoms with Gasteiger partial charge in [-0.25, -0.2) is 0 Å². The van der Waals surface area contributed by atoms with Crippen molar-refractivity contribution >= 4 is 33.0 Å². The summed E-state index contributed by atoms with van der Waals surface area (Å²) in [5, 5.41) is 4.13. The fourth-order valence-corrected chi connectivity index (χ4v) is 3.07. The Morgan fingerprint density at radius 2 is 1.89 bits per heavy atom. The molecular formula is C15H11ClOS. The molecule has 1 aromatic heterocycles. The van der Waals surface area contributed by atoms with Crippen molar-refractivity contribution in [3.8, 4) is 5.75 Å². The summed E-state index contributed by atoms with van der Waals surface area (Å²) in [7, 11) is 0. The summed E-state index contributed by atoms with van der Waals surface area (Å²) in [6.45, 7) is 0.589. The molecule has 0 aliphatic heterocycles. The first-order valence-corrected chi connectivity index (χ1v) is 6.92. The minimum Gasteiger partial charge on any atom is -0.489 e. The van der Waals surface area contributed by atoms with Gasteiger partial charge in [-0.2, -0.15) is 0 Å². The van der Waals surface area contributed by atoms with Crippen LogP contribution in [-0.2, 0) is 6.61 Å². The Bertz CT molecular complexity index is 661. The lowest BCUT2D eigenvalue weighted by atomic mass is 10.2. The first-order chi connectivity index (χ1) is 8.83. The van der Waals surface area contributed by atoms with Crippen molar-refractivity contribution in [2.24, 2.45) is 0 Å². The summed E-state index contributed by atoms with van der Waals surface area (Å²) >= 11 is 7.68. The molecule has 0 aliphatic carbocycles. The molecule has 0 aliphatic rings. The van der Waals surface area contributed by atoms with Crippen molar-refractivity contribution in [1.29, 1.82) is 0 Å². The van der Waals surface area contributed by atoms with Crippen LogP contribution in [0.25, 0.3) is 10.1 Å². The van der Waals surface area contributed by atoms with Crippen molar-refractivity contribution < 1.29 is 4.74 Å². The third kappa shape index (κ3) is 2.35. The molecule has 0 bridgehead atoms. The summed E-state index contributed by atoms with van der Waals surface area (Å²) in [6, 6.07) is 15.8. The van der Waals surface area contributed by atoms with Gasteiger partial charge in [0.1, 0.15) is 12.4 Å². The minimum absolute atomic E-state index is 0.589. The molecule has 2 aromatic carbocycles. The molecule has 0 amide bonds. The standard InChI is InChI=1S/C15H11ClOS/c16-12-6-7-14-11(10-18-15(14)8-12)9-17-13-4-2-1-3-5-13/h1-8,10H,9H2. The molecule has 0 fully saturated rings. The zero-order valence-corrected chi connectivity index (χ0v) is 11.2. The SMILES string of the molecule is Clc1ccc2c(COc3ccccc3)csc2c1. The van der Waals surface area contributed by atoms with Crippen LogP contribution in [0.1, 0.15) is 5.56 Å². The Morgan fingerprint density at radius 3 is 2.72 bits per heavy atom. The monoisotopic (exact) mass is 274 g/mol. The zero-order valence-electron chi connectivity index (χ0n) is 9.60. The number of para-hydroxylation sites is 1. The topological polar surface area (TPSA) is 9.23 Å². The maximum absolute atomic E-state index is 5.98. The Hall–Kier alpha value is -1.51. The predicted octanol–water partition coefficient (Wildman–Crippen LogP) is 5.13. The van der Waals surface area contributed by atoms with E-state index in [1.807, 2.05) is 42.5 Å². The summed E-state index contributed by atoms with van der Waals surface area (Å²) in [4.78, 5) is 0. The number of hydrogen-bond acceptors (Lipinski definition) is 2. The van der Waals surface area contributed by atoms with Crippen molar-refractivity contribution in [3.05, 3.63) is 64.5 Å². The van der Waals surface area contributed by atoms with E-state index < -0.39 is 0 Å². The third-order valence-electron chi connectivity index (χ3n) is 2.76. The molecule has 90 valence electrons. The van der Waals surface area contributed by atoms with Crippen molar-refractivity contribution in [1.82, 2.24) is 0 Å². The fourth-order valence-electron chi connectivity index (χ4n) is 1.85. The summed E-state index contributed by atoms with van der Waals surface area (Å²) in [5.74, 6) is 0.894. The molecule has 3 aromatic rings. The zero-order chi connectivity index (χ0) is 12.4. The smallest absolute Gasteiger partial charge is 0.119 e. The van der Waals surface area contributed by atoms with Gasteiger partial charge in [0.15, 0.2) is 0 Å². The molecule has 0 saturated heterocycles. The highest BCUT2D eigenvalue weighted by Crippen LogP contribution is 2.29. The van der Waals surface area contributed by atoms with Crippen molar-refractivity contribution in [3.63, 3.8) is 0 Å². The van der Waals surface area contributed by atoms with Crippen LogP contribution in [0.15, 0.2) is 53.9 Å². The lowest BCUT2D eigenvalue weighted by Crippen LogP contribution is -1.93. The molecule has 0 saturated carbocycles. The molecule has 3 rings (SSSR count). The summed E-state index contributed by atoms with van der Waals surface area (Å²) in [5.41, 5.74) is 1.20. The average Bonchev–Trinajstić information content (AvgIpc) is 2.80. The van der Waals surface area contributed by atoms with Gasteiger partial charge in [0, 0.05) is 15.3 Å². The summed E-state index contributed by atoms with van der Waals surface area (Å²) in [6.07, 6.45) is 0. The van der Waals surface area contributed by atoms with E-state index in [1.165, 1.54) is 15.6 Å². The highest BCUT2D eigenvalue weighted by atomic mass is 35.5. The van der Waals surface area contributed by atoms with Crippen molar-refractivity contribution in [2.75, 3.05) is 0 Å². The van der Waals surface area contributed by atoms with Crippen LogP contribution in [-0.4, -0.2) is 0 Å². The predicted molar refractivity (Wildman–Crippen MR) is 77.6 cm³/mol. The van der Waals surface area contributed by atoms with Crippen LogP contribution >= 0.6 is 22.9 Å². The molecule has 0 spiro atoms. The number of halogens is 1. The van der Waals surface area contributed by atoms with Gasteiger partial charge in [-0.1, -0.05) is 35.9 Å². The number of ether oxygens (including phenoxy) is 1. The van der Waals surface area contributed by atoms with Gasteiger partial charge in [-0.3, -0.25) is 0 Å². The summed E-state index contributed by atoms with van der Waals surface area (Å²) < 4.78 is 6.97. The fraction of sp³-hybridized carbons (Fsp3) is 0.0667. The Kier molecular flexibility index (Phi) is 3.22. The molecule has 0 unspecified atom stereocenters. The van der Waals surface area contributed by atoms with Gasteiger partial charge in [0.2, 0.25) is 0 Å². The number of fused-ring (bicyclic) bond motifs is 1. The maximum Gasteiger partial charge on any atom is 0.119 e. The van der Waals surface area contributed by atoms with E-state index in [9.17, 15) is 0 Å². The number of benzene rings is 2. The molecule has 0 radical (unpaired) electrons. The van der Waals surface area contributed by atoms with Gasteiger partial charge in [-0.15, -0.1) is 11.3 Å². The molecule has 1 heterocycles. The highest BCUT2D eigenvalue weighted by Gasteiger charge is 2.05. The van der Waals surface area contributed by atoms with E-state index in [1.54, 1.807) is 11.3 Å². The third-order valence-corrected chi connectivity index (χ3v) is 3.98. The quantitative estimate of drug-likeness (QED) is 0.643. The largest absolute Gasteiger partial charge is 0.489 e. The maximum atomic E-state index is 5.98. The first-order valence-electron chi connectivity index (χ1n) is 5.66. The van der Waals surface area contributed by atoms with Crippen LogP contribution in [0, 0.1) is 0 Å². The van der Waals surface area contributed by atoms with Gasteiger partial charge in [-0.05, 0) is 35.0 Å². The Labute approximate surface area is 115 Å². The van der Waals surface area contributed by atoms with Crippen LogP contribution in [0.3, 0.4) is 0 Å². The molecule has 0 atom stereocenters. The van der Waals surface area contributed by atoms with E-state index in [0.717, 1.165) is 10.8 Å². The normalized spacial score (nSPS) is 10.7. The van der Waals surface area contributed by atoms with Crippen molar-refractivity contribution in [2.45, 2.75) is 6.61 Å². The highest BCUT2D eigenvalue weighted by molar-refractivity contribution is 7.17. The van der Waals surface area contributed by atoms with Crippen LogP contribution < -0.4 is 4.74 Å². The van der Waals surface area contributed by atoms with Crippen LogP contribution in [0.5, 0.6) is 5.75 Å².